The number of hydrogen-bond acceptors (Lipinski definition) is 2. The molecule has 1 saturated heterocycles. The zero-order valence-electron chi connectivity index (χ0n) is 11.3. The van der Waals surface area contributed by atoms with Gasteiger partial charge in [0.05, 0.1) is 6.04 Å². The van der Waals surface area contributed by atoms with E-state index >= 15 is 0 Å². The van der Waals surface area contributed by atoms with E-state index in [1.807, 2.05) is 24.0 Å². The maximum Gasteiger partial charge on any atom is 0.224 e. The predicted molar refractivity (Wildman–Crippen MR) is 80.7 cm³/mol. The number of halogens is 1. The van der Waals surface area contributed by atoms with Gasteiger partial charge in [-0.3, -0.25) is 4.79 Å². The van der Waals surface area contributed by atoms with Crippen molar-refractivity contribution in [2.75, 3.05) is 6.54 Å². The molecule has 2 rings (SSSR count). The van der Waals surface area contributed by atoms with Gasteiger partial charge in [0.2, 0.25) is 5.91 Å². The summed E-state index contributed by atoms with van der Waals surface area (Å²) >= 11 is 3.49. The quantitative estimate of drug-likeness (QED) is 0.924. The zero-order chi connectivity index (χ0) is 13.8. The fourth-order valence-electron chi connectivity index (χ4n) is 2.61. The van der Waals surface area contributed by atoms with Gasteiger partial charge in [-0.05, 0) is 37.0 Å². The second-order valence-corrected chi connectivity index (χ2v) is 6.09. The molecule has 0 spiro atoms. The Labute approximate surface area is 123 Å². The smallest absolute Gasteiger partial charge is 0.224 e. The first-order chi connectivity index (χ1) is 9.11. The number of carbonyl (C=O) groups excluding carboxylic acids is 1. The van der Waals surface area contributed by atoms with Crippen LogP contribution in [0.2, 0.25) is 0 Å². The Hall–Kier alpha value is -0.870. The molecular formula is C15H21BrN2O. The van der Waals surface area contributed by atoms with Gasteiger partial charge in [0, 0.05) is 23.5 Å². The summed E-state index contributed by atoms with van der Waals surface area (Å²) in [6.45, 7) is 2.88. The summed E-state index contributed by atoms with van der Waals surface area (Å²) < 4.78 is 1.06. The highest BCUT2D eigenvalue weighted by Crippen LogP contribution is 2.33. The summed E-state index contributed by atoms with van der Waals surface area (Å²) in [6.07, 6.45) is 3.43. The highest BCUT2D eigenvalue weighted by atomic mass is 79.9. The van der Waals surface area contributed by atoms with Gasteiger partial charge < -0.3 is 10.6 Å². The van der Waals surface area contributed by atoms with Gasteiger partial charge in [-0.25, -0.2) is 0 Å². The molecule has 19 heavy (non-hydrogen) atoms. The summed E-state index contributed by atoms with van der Waals surface area (Å²) in [6, 6.07) is 8.44. The molecular weight excluding hydrogens is 304 g/mol. The van der Waals surface area contributed by atoms with E-state index in [4.69, 9.17) is 5.73 Å². The molecule has 2 atom stereocenters. The Bertz CT molecular complexity index is 450. The Morgan fingerprint density at radius 3 is 3.05 bits per heavy atom. The summed E-state index contributed by atoms with van der Waals surface area (Å²) in [5.74, 6) is 0.192. The molecule has 0 bridgehead atoms. The zero-order valence-corrected chi connectivity index (χ0v) is 12.9. The lowest BCUT2D eigenvalue weighted by atomic mass is 10.0. The van der Waals surface area contributed by atoms with Gasteiger partial charge in [0.25, 0.3) is 0 Å². The average Bonchev–Trinajstić information content (AvgIpc) is 2.87. The molecule has 0 aromatic heterocycles. The molecule has 1 amide bonds. The molecule has 104 valence electrons. The van der Waals surface area contributed by atoms with Crippen molar-refractivity contribution in [3.8, 4) is 0 Å². The van der Waals surface area contributed by atoms with Crippen molar-refractivity contribution in [1.82, 2.24) is 4.90 Å². The summed E-state index contributed by atoms with van der Waals surface area (Å²) in [5.41, 5.74) is 7.11. The number of nitrogens with zero attached hydrogens (tertiary/aromatic N) is 1. The van der Waals surface area contributed by atoms with Gasteiger partial charge in [0.1, 0.15) is 0 Å². The molecule has 1 aliphatic heterocycles. The third kappa shape index (κ3) is 3.57. The van der Waals surface area contributed by atoms with Gasteiger partial charge in [-0.2, -0.15) is 0 Å². The number of carbonyl (C=O) groups is 1. The first-order valence-electron chi connectivity index (χ1n) is 6.92. The Morgan fingerprint density at radius 1 is 1.58 bits per heavy atom. The van der Waals surface area contributed by atoms with Gasteiger partial charge in [-0.15, -0.1) is 0 Å². The lowest BCUT2D eigenvalue weighted by Crippen LogP contribution is -2.35. The summed E-state index contributed by atoms with van der Waals surface area (Å²) in [7, 11) is 0. The molecule has 0 aliphatic carbocycles. The first-order valence-corrected chi connectivity index (χ1v) is 7.71. The highest BCUT2D eigenvalue weighted by Gasteiger charge is 2.30. The Morgan fingerprint density at radius 2 is 2.37 bits per heavy atom. The average molecular weight is 325 g/mol. The molecule has 1 aromatic rings. The van der Waals surface area contributed by atoms with E-state index in [1.165, 1.54) is 5.56 Å². The molecule has 0 radical (unpaired) electrons. The predicted octanol–water partition coefficient (Wildman–Crippen LogP) is 3.24. The highest BCUT2D eigenvalue weighted by molar-refractivity contribution is 9.10. The number of benzene rings is 1. The van der Waals surface area contributed by atoms with E-state index in [-0.39, 0.29) is 18.0 Å². The van der Waals surface area contributed by atoms with Crippen LogP contribution >= 0.6 is 15.9 Å². The van der Waals surface area contributed by atoms with Crippen LogP contribution in [0.15, 0.2) is 28.7 Å². The second kappa shape index (κ2) is 6.53. The molecule has 1 heterocycles. The minimum Gasteiger partial charge on any atom is -0.336 e. The maximum absolute atomic E-state index is 12.3. The van der Waals surface area contributed by atoms with E-state index < -0.39 is 0 Å². The summed E-state index contributed by atoms with van der Waals surface area (Å²) in [4.78, 5) is 14.3. The van der Waals surface area contributed by atoms with E-state index in [9.17, 15) is 4.79 Å². The standard InChI is InChI=1S/C15H21BrN2O/c1-2-13(17)10-15(19)18-8-4-7-14(18)11-5-3-6-12(16)9-11/h3,5-6,9,13-14H,2,4,7-8,10,17H2,1H3. The minimum absolute atomic E-state index is 0.0174. The van der Waals surface area contributed by atoms with Crippen molar-refractivity contribution in [3.05, 3.63) is 34.3 Å². The van der Waals surface area contributed by atoms with Crippen molar-refractivity contribution in [2.24, 2.45) is 5.73 Å². The minimum atomic E-state index is -0.0174. The van der Waals surface area contributed by atoms with Crippen LogP contribution in [-0.2, 0) is 4.79 Å². The molecule has 3 nitrogen and oxygen atoms in total. The topological polar surface area (TPSA) is 46.3 Å². The third-order valence-corrected chi connectivity index (χ3v) is 4.26. The first kappa shape index (κ1) is 14.5. The number of likely N-dealkylation sites (tertiary alicyclic amines) is 1. The van der Waals surface area contributed by atoms with Crippen molar-refractivity contribution >= 4 is 21.8 Å². The van der Waals surface area contributed by atoms with Crippen LogP contribution in [0.25, 0.3) is 0 Å². The number of nitrogens with two attached hydrogens (primary N) is 1. The van der Waals surface area contributed by atoms with E-state index in [0.717, 1.165) is 30.3 Å². The van der Waals surface area contributed by atoms with Crippen LogP contribution in [0, 0.1) is 0 Å². The molecule has 1 fully saturated rings. The lowest BCUT2D eigenvalue weighted by Gasteiger charge is -2.26. The lowest BCUT2D eigenvalue weighted by molar-refractivity contribution is -0.132. The Balaban J connectivity index is 2.10. The second-order valence-electron chi connectivity index (χ2n) is 5.17. The number of hydrogen-bond donors (Lipinski definition) is 1. The fraction of sp³-hybridized carbons (Fsp3) is 0.533. The largest absolute Gasteiger partial charge is 0.336 e. The molecule has 1 aliphatic rings. The Kier molecular flexibility index (Phi) is 4.99. The van der Waals surface area contributed by atoms with Gasteiger partial charge >= 0.3 is 0 Å². The number of rotatable bonds is 4. The molecule has 1 aromatic carbocycles. The SMILES string of the molecule is CCC(N)CC(=O)N1CCCC1c1cccc(Br)c1. The van der Waals surface area contributed by atoms with Gasteiger partial charge in [0.15, 0.2) is 0 Å². The van der Waals surface area contributed by atoms with E-state index in [1.54, 1.807) is 0 Å². The normalized spacial score (nSPS) is 20.6. The van der Waals surface area contributed by atoms with Crippen LogP contribution in [0.4, 0.5) is 0 Å². The number of amides is 1. The molecule has 0 saturated carbocycles. The third-order valence-electron chi connectivity index (χ3n) is 3.77. The molecule has 2 unspecified atom stereocenters. The van der Waals surface area contributed by atoms with Crippen LogP contribution in [0.5, 0.6) is 0 Å². The molecule has 4 heteroatoms. The maximum atomic E-state index is 12.3. The van der Waals surface area contributed by atoms with Crippen LogP contribution in [-0.4, -0.2) is 23.4 Å². The van der Waals surface area contributed by atoms with Crippen molar-refractivity contribution in [2.45, 2.75) is 44.7 Å². The van der Waals surface area contributed by atoms with E-state index in [0.29, 0.717) is 6.42 Å². The van der Waals surface area contributed by atoms with Gasteiger partial charge in [-0.1, -0.05) is 35.0 Å². The summed E-state index contributed by atoms with van der Waals surface area (Å²) in [5, 5.41) is 0. The van der Waals surface area contributed by atoms with E-state index in [2.05, 4.69) is 28.1 Å². The fourth-order valence-corrected chi connectivity index (χ4v) is 3.03. The van der Waals surface area contributed by atoms with Crippen LogP contribution in [0.3, 0.4) is 0 Å². The molecule has 2 N–H and O–H groups in total. The monoisotopic (exact) mass is 324 g/mol. The van der Waals surface area contributed by atoms with Crippen molar-refractivity contribution in [1.29, 1.82) is 0 Å². The van der Waals surface area contributed by atoms with Crippen LogP contribution < -0.4 is 5.73 Å². The van der Waals surface area contributed by atoms with Crippen molar-refractivity contribution < 1.29 is 4.79 Å². The van der Waals surface area contributed by atoms with Crippen molar-refractivity contribution in [3.63, 3.8) is 0 Å². The van der Waals surface area contributed by atoms with Crippen LogP contribution in [0.1, 0.15) is 44.2 Å².